The van der Waals surface area contributed by atoms with Crippen LogP contribution >= 0.6 is 0 Å². The van der Waals surface area contributed by atoms with Gasteiger partial charge in [-0.05, 0) is 11.5 Å². The summed E-state index contributed by atoms with van der Waals surface area (Å²) in [5.41, 5.74) is 3.51. The molecule has 1 unspecified atom stereocenters. The Bertz CT molecular complexity index is 322. The number of rotatable bonds is 5. The molecule has 0 bridgehead atoms. The number of hydroxylamine groups is 1. The summed E-state index contributed by atoms with van der Waals surface area (Å²) >= 11 is 0. The predicted octanol–water partition coefficient (Wildman–Crippen LogP) is 2.53. The number of nitrogens with one attached hydrogen (secondary N) is 1. The molecule has 16 heavy (non-hydrogen) atoms. The molecule has 0 saturated heterocycles. The van der Waals surface area contributed by atoms with Gasteiger partial charge in [0.2, 0.25) is 5.91 Å². The second-order valence-corrected chi connectivity index (χ2v) is 4.27. The molecule has 1 atom stereocenters. The summed E-state index contributed by atoms with van der Waals surface area (Å²) in [6, 6.07) is 9.74. The van der Waals surface area contributed by atoms with E-state index in [1.165, 1.54) is 0 Å². The van der Waals surface area contributed by atoms with Gasteiger partial charge in [-0.15, -0.1) is 0 Å². The molecule has 0 aliphatic rings. The standard InChI is InChI=1S/C13H19NO2/c1-10(2)11(3)13(15)14-16-9-12-7-5-4-6-8-12/h4-8,10-11H,9H2,1-3H3,(H,14,15). The molecule has 0 aromatic heterocycles. The van der Waals surface area contributed by atoms with Gasteiger partial charge in [0.05, 0.1) is 6.61 Å². The van der Waals surface area contributed by atoms with Crippen LogP contribution in [0.25, 0.3) is 0 Å². The van der Waals surface area contributed by atoms with Gasteiger partial charge < -0.3 is 0 Å². The van der Waals surface area contributed by atoms with Crippen LogP contribution in [0.2, 0.25) is 0 Å². The van der Waals surface area contributed by atoms with Crippen molar-refractivity contribution >= 4 is 5.91 Å². The number of carbonyl (C=O) groups excluding carboxylic acids is 1. The Labute approximate surface area is 96.8 Å². The van der Waals surface area contributed by atoms with E-state index < -0.39 is 0 Å². The maximum Gasteiger partial charge on any atom is 0.246 e. The molecule has 0 spiro atoms. The fraction of sp³-hybridized carbons (Fsp3) is 0.462. The number of benzene rings is 1. The maximum atomic E-state index is 11.5. The fourth-order valence-corrected chi connectivity index (χ4v) is 1.16. The van der Waals surface area contributed by atoms with E-state index in [4.69, 9.17) is 4.84 Å². The van der Waals surface area contributed by atoms with Crippen LogP contribution in [0, 0.1) is 11.8 Å². The first kappa shape index (κ1) is 12.7. The van der Waals surface area contributed by atoms with Gasteiger partial charge in [-0.2, -0.15) is 0 Å². The molecule has 88 valence electrons. The minimum Gasteiger partial charge on any atom is -0.273 e. The van der Waals surface area contributed by atoms with Gasteiger partial charge in [-0.3, -0.25) is 9.63 Å². The maximum absolute atomic E-state index is 11.5. The van der Waals surface area contributed by atoms with Crippen LogP contribution in [0.4, 0.5) is 0 Å². The van der Waals surface area contributed by atoms with E-state index in [-0.39, 0.29) is 11.8 Å². The third-order valence-electron chi connectivity index (χ3n) is 2.67. The molecule has 0 fully saturated rings. The highest BCUT2D eigenvalue weighted by atomic mass is 16.6. The molecule has 1 amide bonds. The van der Waals surface area contributed by atoms with Gasteiger partial charge in [-0.25, -0.2) is 5.48 Å². The lowest BCUT2D eigenvalue weighted by Crippen LogP contribution is -2.31. The zero-order valence-electron chi connectivity index (χ0n) is 10.1. The Balaban J connectivity index is 2.28. The summed E-state index contributed by atoms with van der Waals surface area (Å²) in [5, 5.41) is 0. The Hall–Kier alpha value is -1.35. The molecule has 1 N–H and O–H groups in total. The Kier molecular flexibility index (Phi) is 4.99. The number of hydrogen-bond donors (Lipinski definition) is 1. The third-order valence-corrected chi connectivity index (χ3v) is 2.67. The van der Waals surface area contributed by atoms with Crippen LogP contribution in [-0.2, 0) is 16.2 Å². The predicted molar refractivity (Wildman–Crippen MR) is 63.4 cm³/mol. The van der Waals surface area contributed by atoms with Crippen molar-refractivity contribution in [2.24, 2.45) is 11.8 Å². The van der Waals surface area contributed by atoms with E-state index in [0.29, 0.717) is 12.5 Å². The smallest absolute Gasteiger partial charge is 0.246 e. The van der Waals surface area contributed by atoms with Crippen LogP contribution in [0.5, 0.6) is 0 Å². The van der Waals surface area contributed by atoms with Crippen molar-refractivity contribution in [1.29, 1.82) is 0 Å². The largest absolute Gasteiger partial charge is 0.273 e. The van der Waals surface area contributed by atoms with Crippen molar-refractivity contribution in [1.82, 2.24) is 5.48 Å². The molecule has 0 aliphatic heterocycles. The molecule has 3 nitrogen and oxygen atoms in total. The summed E-state index contributed by atoms with van der Waals surface area (Å²) in [7, 11) is 0. The van der Waals surface area contributed by atoms with Crippen LogP contribution in [-0.4, -0.2) is 5.91 Å². The normalized spacial score (nSPS) is 12.5. The highest BCUT2D eigenvalue weighted by Gasteiger charge is 2.16. The van der Waals surface area contributed by atoms with Gasteiger partial charge in [0.1, 0.15) is 0 Å². The molecule has 1 aromatic carbocycles. The third kappa shape index (κ3) is 4.03. The highest BCUT2D eigenvalue weighted by molar-refractivity contribution is 5.77. The second kappa shape index (κ2) is 6.28. The molecule has 0 heterocycles. The number of amides is 1. The minimum atomic E-state index is -0.0640. The van der Waals surface area contributed by atoms with Crippen LogP contribution in [0.15, 0.2) is 30.3 Å². The summed E-state index contributed by atoms with van der Waals surface area (Å²) in [5.74, 6) is 0.224. The molecule has 1 aromatic rings. The Morgan fingerprint density at radius 3 is 2.44 bits per heavy atom. The summed E-state index contributed by atoms with van der Waals surface area (Å²) in [4.78, 5) is 16.7. The number of hydrogen-bond acceptors (Lipinski definition) is 2. The van der Waals surface area contributed by atoms with Crippen LogP contribution in [0.3, 0.4) is 0 Å². The zero-order valence-corrected chi connectivity index (χ0v) is 10.1. The average molecular weight is 221 g/mol. The first-order valence-corrected chi connectivity index (χ1v) is 5.57. The highest BCUT2D eigenvalue weighted by Crippen LogP contribution is 2.09. The lowest BCUT2D eigenvalue weighted by molar-refractivity contribution is -0.139. The fourth-order valence-electron chi connectivity index (χ4n) is 1.16. The topological polar surface area (TPSA) is 38.3 Å². The van der Waals surface area contributed by atoms with Gasteiger partial charge >= 0.3 is 0 Å². The van der Waals surface area contributed by atoms with Crippen molar-refractivity contribution in [2.45, 2.75) is 27.4 Å². The minimum absolute atomic E-state index is 0.0317. The molecule has 0 aliphatic carbocycles. The van der Waals surface area contributed by atoms with Crippen molar-refractivity contribution < 1.29 is 9.63 Å². The molecule has 1 rings (SSSR count). The van der Waals surface area contributed by atoms with Gasteiger partial charge in [-0.1, -0.05) is 51.1 Å². The van der Waals surface area contributed by atoms with Gasteiger partial charge in [0.15, 0.2) is 0 Å². The summed E-state index contributed by atoms with van der Waals surface area (Å²) in [6.45, 7) is 6.33. The van der Waals surface area contributed by atoms with Crippen LogP contribution in [0.1, 0.15) is 26.3 Å². The molecular weight excluding hydrogens is 202 g/mol. The van der Waals surface area contributed by atoms with Crippen molar-refractivity contribution in [2.75, 3.05) is 0 Å². The quantitative estimate of drug-likeness (QED) is 0.776. The first-order valence-electron chi connectivity index (χ1n) is 5.57. The van der Waals surface area contributed by atoms with E-state index in [9.17, 15) is 4.79 Å². The average Bonchev–Trinajstić information content (AvgIpc) is 2.29. The molecule has 0 radical (unpaired) electrons. The van der Waals surface area contributed by atoms with E-state index in [2.05, 4.69) is 5.48 Å². The first-order chi connectivity index (χ1) is 7.61. The number of carbonyl (C=O) groups is 1. The Morgan fingerprint density at radius 1 is 1.25 bits per heavy atom. The second-order valence-electron chi connectivity index (χ2n) is 4.27. The van der Waals surface area contributed by atoms with E-state index in [0.717, 1.165) is 5.56 Å². The summed E-state index contributed by atoms with van der Waals surface area (Å²) in [6.07, 6.45) is 0. The summed E-state index contributed by atoms with van der Waals surface area (Å²) < 4.78 is 0. The lowest BCUT2D eigenvalue weighted by Gasteiger charge is -2.14. The SMILES string of the molecule is CC(C)C(C)C(=O)NOCc1ccccc1. The molecular formula is C13H19NO2. The lowest BCUT2D eigenvalue weighted by atomic mass is 9.98. The molecule has 0 saturated carbocycles. The van der Waals surface area contributed by atoms with Crippen molar-refractivity contribution in [3.05, 3.63) is 35.9 Å². The molecule has 3 heteroatoms. The monoisotopic (exact) mass is 221 g/mol. The van der Waals surface area contributed by atoms with Gasteiger partial charge in [0, 0.05) is 5.92 Å². The van der Waals surface area contributed by atoms with E-state index in [1.54, 1.807) is 0 Å². The van der Waals surface area contributed by atoms with Gasteiger partial charge in [0.25, 0.3) is 0 Å². The van der Waals surface area contributed by atoms with Crippen molar-refractivity contribution in [3.8, 4) is 0 Å². The van der Waals surface area contributed by atoms with E-state index in [1.807, 2.05) is 51.1 Å². The van der Waals surface area contributed by atoms with Crippen LogP contribution < -0.4 is 5.48 Å². The zero-order chi connectivity index (χ0) is 12.0. The van der Waals surface area contributed by atoms with Crippen molar-refractivity contribution in [3.63, 3.8) is 0 Å². The Morgan fingerprint density at radius 2 is 1.88 bits per heavy atom. The van der Waals surface area contributed by atoms with E-state index >= 15 is 0 Å².